The number of halogens is 2. The molecule has 0 fully saturated rings. The molecule has 0 spiro atoms. The minimum atomic E-state index is -4.19. The third kappa shape index (κ3) is 8.69. The highest BCUT2D eigenvalue weighted by Gasteiger charge is 2.35. The summed E-state index contributed by atoms with van der Waals surface area (Å²) in [6.45, 7) is 7.44. The molecule has 4 aromatic carbocycles. The first-order valence-electron chi connectivity index (χ1n) is 15.1. The molecule has 0 aliphatic carbocycles. The van der Waals surface area contributed by atoms with Gasteiger partial charge in [0.25, 0.3) is 10.0 Å². The lowest BCUT2D eigenvalue weighted by Gasteiger charge is -2.34. The van der Waals surface area contributed by atoms with Gasteiger partial charge in [0.05, 0.1) is 20.6 Å². The highest BCUT2D eigenvalue weighted by molar-refractivity contribution is 7.92. The second-order valence-electron chi connectivity index (χ2n) is 11.4. The average molecular weight is 681 g/mol. The molecule has 0 heterocycles. The Morgan fingerprint density at radius 2 is 1.48 bits per heavy atom. The van der Waals surface area contributed by atoms with Crippen molar-refractivity contribution < 1.29 is 18.0 Å². The average Bonchev–Trinajstić information content (AvgIpc) is 3.03. The Balaban J connectivity index is 1.83. The zero-order valence-electron chi connectivity index (χ0n) is 26.5. The van der Waals surface area contributed by atoms with Crippen LogP contribution in [0, 0.1) is 20.8 Å². The number of carbonyl (C=O) groups is 2. The lowest BCUT2D eigenvalue weighted by Crippen LogP contribution is -2.53. The fourth-order valence-electron chi connectivity index (χ4n) is 5.19. The van der Waals surface area contributed by atoms with Crippen LogP contribution in [0.15, 0.2) is 95.9 Å². The number of sulfonamides is 1. The molecule has 46 heavy (non-hydrogen) atoms. The van der Waals surface area contributed by atoms with Gasteiger partial charge < -0.3 is 10.2 Å². The van der Waals surface area contributed by atoms with Crippen molar-refractivity contribution >= 4 is 50.7 Å². The van der Waals surface area contributed by atoms with Gasteiger partial charge in [0.1, 0.15) is 12.6 Å². The van der Waals surface area contributed by atoms with Crippen molar-refractivity contribution in [2.24, 2.45) is 0 Å². The lowest BCUT2D eigenvalue weighted by molar-refractivity contribution is -0.140. The molecule has 242 valence electrons. The summed E-state index contributed by atoms with van der Waals surface area (Å²) in [5, 5.41) is 3.61. The van der Waals surface area contributed by atoms with Crippen molar-refractivity contribution in [2.45, 2.75) is 58.0 Å². The van der Waals surface area contributed by atoms with Crippen molar-refractivity contribution in [1.82, 2.24) is 10.2 Å². The topological polar surface area (TPSA) is 86.8 Å². The molecule has 0 saturated carbocycles. The summed E-state index contributed by atoms with van der Waals surface area (Å²) in [7, 11) is -4.19. The molecule has 0 bridgehead atoms. The van der Waals surface area contributed by atoms with Crippen molar-refractivity contribution in [3.8, 4) is 0 Å². The normalized spacial score (nSPS) is 12.0. The van der Waals surface area contributed by atoms with E-state index < -0.39 is 28.5 Å². The van der Waals surface area contributed by atoms with E-state index in [4.69, 9.17) is 23.2 Å². The maximum Gasteiger partial charge on any atom is 0.264 e. The number of nitrogens with one attached hydrogen (secondary N) is 1. The third-order valence-corrected chi connectivity index (χ3v) is 10.2. The molecule has 7 nitrogen and oxygen atoms in total. The fraction of sp³-hybridized carbons (Fsp3) is 0.278. The third-order valence-electron chi connectivity index (χ3n) is 7.67. The van der Waals surface area contributed by atoms with Crippen LogP contribution in [-0.4, -0.2) is 44.3 Å². The van der Waals surface area contributed by atoms with Crippen LogP contribution < -0.4 is 9.62 Å². The molecule has 0 aromatic heterocycles. The maximum absolute atomic E-state index is 14.6. The molecule has 4 rings (SSSR count). The Bertz CT molecular complexity index is 1780. The number of hydrogen-bond donors (Lipinski definition) is 1. The van der Waals surface area contributed by atoms with Crippen LogP contribution in [-0.2, 0) is 32.6 Å². The number of benzene rings is 4. The van der Waals surface area contributed by atoms with Crippen LogP contribution in [0.25, 0.3) is 0 Å². The van der Waals surface area contributed by atoms with Crippen molar-refractivity contribution in [1.29, 1.82) is 0 Å². The quantitative estimate of drug-likeness (QED) is 0.161. The largest absolute Gasteiger partial charge is 0.354 e. The lowest BCUT2D eigenvalue weighted by atomic mass is 10.0. The van der Waals surface area contributed by atoms with Crippen LogP contribution >= 0.6 is 23.2 Å². The van der Waals surface area contributed by atoms with E-state index in [0.29, 0.717) is 39.8 Å². The first-order valence-corrected chi connectivity index (χ1v) is 17.3. The van der Waals surface area contributed by atoms with Crippen molar-refractivity contribution in [3.05, 3.63) is 129 Å². The van der Waals surface area contributed by atoms with Crippen LogP contribution in [0.3, 0.4) is 0 Å². The maximum atomic E-state index is 14.6. The van der Waals surface area contributed by atoms with Crippen LogP contribution in [0.2, 0.25) is 10.0 Å². The summed E-state index contributed by atoms with van der Waals surface area (Å²) in [6.07, 6.45) is 0.928. The van der Waals surface area contributed by atoms with Gasteiger partial charge in [-0.05, 0) is 74.2 Å². The minimum absolute atomic E-state index is 0.00192. The van der Waals surface area contributed by atoms with E-state index in [2.05, 4.69) is 5.32 Å². The van der Waals surface area contributed by atoms with E-state index in [1.807, 2.05) is 70.2 Å². The summed E-state index contributed by atoms with van der Waals surface area (Å²) in [5.74, 6) is -0.882. The van der Waals surface area contributed by atoms with E-state index >= 15 is 0 Å². The highest BCUT2D eigenvalue weighted by atomic mass is 35.5. The van der Waals surface area contributed by atoms with Crippen molar-refractivity contribution in [3.63, 3.8) is 0 Å². The number of anilines is 1. The molecule has 0 radical (unpaired) electrons. The number of nitrogens with zero attached hydrogens (tertiary/aromatic N) is 2. The summed E-state index contributed by atoms with van der Waals surface area (Å²) in [4.78, 5) is 29.9. The predicted molar refractivity (Wildman–Crippen MR) is 186 cm³/mol. The number of amides is 2. The zero-order chi connectivity index (χ0) is 33.4. The van der Waals surface area contributed by atoms with Gasteiger partial charge in [0.15, 0.2) is 0 Å². The second-order valence-corrected chi connectivity index (χ2v) is 14.1. The van der Waals surface area contributed by atoms with Crippen LogP contribution in [0.5, 0.6) is 0 Å². The Kier molecular flexibility index (Phi) is 11.9. The monoisotopic (exact) mass is 679 g/mol. The van der Waals surface area contributed by atoms with E-state index in [-0.39, 0.29) is 23.8 Å². The Hall–Kier alpha value is -3.85. The fourth-order valence-corrected chi connectivity index (χ4v) is 6.99. The Morgan fingerprint density at radius 1 is 0.804 bits per heavy atom. The van der Waals surface area contributed by atoms with Gasteiger partial charge in [0.2, 0.25) is 11.8 Å². The Morgan fingerprint density at radius 3 is 2.11 bits per heavy atom. The predicted octanol–water partition coefficient (Wildman–Crippen LogP) is 7.28. The number of hydrogen-bond acceptors (Lipinski definition) is 4. The summed E-state index contributed by atoms with van der Waals surface area (Å²) in [6, 6.07) is 25.4. The SMILES string of the molecule is CCCNC(=O)[C@H](Cc1ccccc1)N(Cc1ccc(Cl)c(Cl)c1)C(=O)CN(c1ccc(C)cc1C)S(=O)(=O)c1ccc(C)cc1. The molecular weight excluding hydrogens is 641 g/mol. The summed E-state index contributed by atoms with van der Waals surface area (Å²) >= 11 is 12.5. The van der Waals surface area contributed by atoms with Crippen LogP contribution in [0.4, 0.5) is 5.69 Å². The summed E-state index contributed by atoms with van der Waals surface area (Å²) in [5.41, 5.74) is 4.43. The molecule has 0 saturated heterocycles. The van der Waals surface area contributed by atoms with E-state index in [1.54, 1.807) is 36.4 Å². The molecule has 4 aromatic rings. The van der Waals surface area contributed by atoms with Gasteiger partial charge in [-0.3, -0.25) is 13.9 Å². The molecule has 10 heteroatoms. The first-order chi connectivity index (χ1) is 21.9. The van der Waals surface area contributed by atoms with Gasteiger partial charge in [-0.25, -0.2) is 8.42 Å². The van der Waals surface area contributed by atoms with Crippen molar-refractivity contribution in [2.75, 3.05) is 17.4 Å². The smallest absolute Gasteiger partial charge is 0.264 e. The number of aryl methyl sites for hydroxylation is 3. The second kappa shape index (κ2) is 15.6. The molecule has 1 atom stereocenters. The first kappa shape index (κ1) is 35.0. The standard InChI is InChI=1S/C36H39Cl2N3O4S/c1-5-19-39-36(43)34(22-28-9-7-6-8-10-28)40(23-29-14-17-31(37)32(38)21-29)35(42)24-41(33-18-13-26(3)20-27(33)4)46(44,45)30-15-11-25(2)12-16-30/h6-18,20-21,34H,5,19,22-24H2,1-4H3,(H,39,43)/t34-/m0/s1. The molecule has 2 amide bonds. The number of rotatable bonds is 13. The molecular formula is C36H39Cl2N3O4S. The Labute approximate surface area is 282 Å². The number of carbonyl (C=O) groups excluding carboxylic acids is 2. The van der Waals surface area contributed by atoms with Crippen LogP contribution in [0.1, 0.15) is 41.2 Å². The molecule has 1 N–H and O–H groups in total. The van der Waals surface area contributed by atoms with Gasteiger partial charge in [-0.2, -0.15) is 0 Å². The van der Waals surface area contributed by atoms with Gasteiger partial charge in [-0.15, -0.1) is 0 Å². The highest BCUT2D eigenvalue weighted by Crippen LogP contribution is 2.29. The molecule has 0 aliphatic heterocycles. The van der Waals surface area contributed by atoms with Gasteiger partial charge >= 0.3 is 0 Å². The summed E-state index contributed by atoms with van der Waals surface area (Å²) < 4.78 is 29.7. The van der Waals surface area contributed by atoms with E-state index in [0.717, 1.165) is 21.0 Å². The van der Waals surface area contributed by atoms with Gasteiger partial charge in [0, 0.05) is 19.5 Å². The zero-order valence-corrected chi connectivity index (χ0v) is 28.8. The molecule has 0 aliphatic rings. The molecule has 0 unspecified atom stereocenters. The minimum Gasteiger partial charge on any atom is -0.354 e. The van der Waals surface area contributed by atoms with E-state index in [9.17, 15) is 18.0 Å². The van der Waals surface area contributed by atoms with Gasteiger partial charge in [-0.1, -0.05) is 102 Å². The van der Waals surface area contributed by atoms with E-state index in [1.165, 1.54) is 17.0 Å².